The summed E-state index contributed by atoms with van der Waals surface area (Å²) in [7, 11) is 0. The lowest BCUT2D eigenvalue weighted by Crippen LogP contribution is -2.15. The molecule has 0 saturated carbocycles. The molecule has 0 aliphatic heterocycles. The van der Waals surface area contributed by atoms with Crippen molar-refractivity contribution in [3.63, 3.8) is 0 Å². The monoisotopic (exact) mass is 266 g/mol. The Hall–Kier alpha value is -1.46. The Labute approximate surface area is 109 Å². The number of nitrogens with zero attached hydrogens (tertiary/aromatic N) is 1. The van der Waals surface area contributed by atoms with Crippen molar-refractivity contribution < 1.29 is 9.50 Å². The summed E-state index contributed by atoms with van der Waals surface area (Å²) in [5.74, 6) is -0.288. The van der Waals surface area contributed by atoms with Gasteiger partial charge in [0.25, 0.3) is 0 Å². The molecule has 1 unspecified atom stereocenters. The Morgan fingerprint density at radius 3 is 2.72 bits per heavy atom. The van der Waals surface area contributed by atoms with Crippen LogP contribution < -0.4 is 5.32 Å². The van der Waals surface area contributed by atoms with Gasteiger partial charge in [0, 0.05) is 11.1 Å². The molecule has 1 heterocycles. The predicted octanol–water partition coefficient (Wildman–Crippen LogP) is 3.04. The number of nitrogens with one attached hydrogen (secondary N) is 1. The second-order valence-electron chi connectivity index (χ2n) is 4.19. The molecule has 0 aliphatic rings. The number of aromatic nitrogens is 1. The van der Waals surface area contributed by atoms with E-state index < -0.39 is 0 Å². The van der Waals surface area contributed by atoms with Gasteiger partial charge < -0.3 is 10.4 Å². The smallest absolute Gasteiger partial charge is 0.125 e. The predicted molar refractivity (Wildman–Crippen MR) is 71.4 cm³/mol. The molecule has 1 atom stereocenters. The molecule has 0 radical (unpaired) electrons. The van der Waals surface area contributed by atoms with Gasteiger partial charge in [0.2, 0.25) is 0 Å². The van der Waals surface area contributed by atoms with E-state index in [0.717, 1.165) is 16.3 Å². The zero-order chi connectivity index (χ0) is 13.1. The van der Waals surface area contributed by atoms with Crippen LogP contribution in [0.3, 0.4) is 0 Å². The van der Waals surface area contributed by atoms with Gasteiger partial charge in [0.15, 0.2) is 0 Å². The van der Waals surface area contributed by atoms with Crippen LogP contribution in [0.1, 0.15) is 22.3 Å². The van der Waals surface area contributed by atoms with Crippen LogP contribution in [0.25, 0.3) is 0 Å². The number of hydrogen-bond donors (Lipinski definition) is 2. The topological polar surface area (TPSA) is 45.1 Å². The van der Waals surface area contributed by atoms with E-state index in [1.807, 2.05) is 25.3 Å². The normalized spacial score (nSPS) is 12.4. The molecular formula is C13H15FN2OS. The fourth-order valence-corrected chi connectivity index (χ4v) is 2.44. The molecule has 2 aromatic rings. The van der Waals surface area contributed by atoms with Gasteiger partial charge in [-0.15, -0.1) is 11.3 Å². The lowest BCUT2D eigenvalue weighted by atomic mass is 10.2. The van der Waals surface area contributed by atoms with E-state index in [-0.39, 0.29) is 18.5 Å². The fourth-order valence-electron chi connectivity index (χ4n) is 1.77. The lowest BCUT2D eigenvalue weighted by Gasteiger charge is -2.16. The molecule has 1 aromatic heterocycles. The highest BCUT2D eigenvalue weighted by molar-refractivity contribution is 7.09. The fraction of sp³-hybridized carbons (Fsp3) is 0.308. The second-order valence-corrected chi connectivity index (χ2v) is 5.25. The highest BCUT2D eigenvalue weighted by Crippen LogP contribution is 2.22. The van der Waals surface area contributed by atoms with Crippen molar-refractivity contribution in [3.8, 4) is 0 Å². The van der Waals surface area contributed by atoms with Crippen molar-refractivity contribution >= 4 is 17.0 Å². The largest absolute Gasteiger partial charge is 0.394 e. The SMILES string of the molecule is Cc1cc(F)cc(NC(CO)c2csc(C)n2)c1. The molecule has 96 valence electrons. The van der Waals surface area contributed by atoms with E-state index in [9.17, 15) is 9.50 Å². The average Bonchev–Trinajstić information content (AvgIpc) is 2.71. The van der Waals surface area contributed by atoms with Crippen molar-refractivity contribution in [1.82, 2.24) is 4.98 Å². The number of aliphatic hydroxyl groups is 1. The van der Waals surface area contributed by atoms with E-state index >= 15 is 0 Å². The Morgan fingerprint density at radius 1 is 1.39 bits per heavy atom. The first-order valence-corrected chi connectivity index (χ1v) is 6.53. The number of benzene rings is 1. The first-order chi connectivity index (χ1) is 8.58. The van der Waals surface area contributed by atoms with Gasteiger partial charge in [-0.2, -0.15) is 0 Å². The third kappa shape index (κ3) is 3.05. The van der Waals surface area contributed by atoms with Crippen LogP contribution in [0.15, 0.2) is 23.6 Å². The summed E-state index contributed by atoms with van der Waals surface area (Å²) in [5, 5.41) is 15.3. The van der Waals surface area contributed by atoms with Gasteiger partial charge in [-0.3, -0.25) is 0 Å². The van der Waals surface area contributed by atoms with Crippen LogP contribution in [0.5, 0.6) is 0 Å². The minimum atomic E-state index is -0.309. The quantitative estimate of drug-likeness (QED) is 0.894. The van der Waals surface area contributed by atoms with Crippen LogP contribution in [0, 0.1) is 19.7 Å². The third-order valence-electron chi connectivity index (χ3n) is 2.56. The zero-order valence-electron chi connectivity index (χ0n) is 10.3. The third-order valence-corrected chi connectivity index (χ3v) is 3.35. The zero-order valence-corrected chi connectivity index (χ0v) is 11.1. The van der Waals surface area contributed by atoms with Crippen molar-refractivity contribution in [2.75, 3.05) is 11.9 Å². The van der Waals surface area contributed by atoms with Crippen LogP contribution in [0.2, 0.25) is 0 Å². The molecule has 5 heteroatoms. The van der Waals surface area contributed by atoms with Gasteiger partial charge in [0.05, 0.1) is 23.4 Å². The number of hydrogen-bond acceptors (Lipinski definition) is 4. The average molecular weight is 266 g/mol. The van der Waals surface area contributed by atoms with Crippen molar-refractivity contribution in [3.05, 3.63) is 45.7 Å². The first-order valence-electron chi connectivity index (χ1n) is 5.65. The summed E-state index contributed by atoms with van der Waals surface area (Å²) in [5.41, 5.74) is 2.27. The van der Waals surface area contributed by atoms with Crippen LogP contribution in [-0.2, 0) is 0 Å². The summed E-state index contributed by atoms with van der Waals surface area (Å²) < 4.78 is 13.3. The molecule has 0 saturated heterocycles. The Morgan fingerprint density at radius 2 is 2.17 bits per heavy atom. The molecule has 18 heavy (non-hydrogen) atoms. The van der Waals surface area contributed by atoms with Crippen LogP contribution in [0.4, 0.5) is 10.1 Å². The van der Waals surface area contributed by atoms with E-state index in [1.165, 1.54) is 23.5 Å². The van der Waals surface area contributed by atoms with Gasteiger partial charge >= 0.3 is 0 Å². The van der Waals surface area contributed by atoms with Crippen molar-refractivity contribution in [2.45, 2.75) is 19.9 Å². The van der Waals surface area contributed by atoms with Crippen LogP contribution in [-0.4, -0.2) is 16.7 Å². The van der Waals surface area contributed by atoms with E-state index in [1.54, 1.807) is 0 Å². The number of thiazole rings is 1. The van der Waals surface area contributed by atoms with Gasteiger partial charge in [-0.1, -0.05) is 0 Å². The maximum atomic E-state index is 13.3. The molecule has 2 N–H and O–H groups in total. The minimum absolute atomic E-state index is 0.0846. The molecule has 1 aromatic carbocycles. The molecular weight excluding hydrogens is 251 g/mol. The summed E-state index contributed by atoms with van der Waals surface area (Å²) in [6.07, 6.45) is 0. The van der Waals surface area contributed by atoms with Gasteiger partial charge in [-0.05, 0) is 37.6 Å². The van der Waals surface area contributed by atoms with Crippen molar-refractivity contribution in [1.29, 1.82) is 0 Å². The van der Waals surface area contributed by atoms with Crippen molar-refractivity contribution in [2.24, 2.45) is 0 Å². The maximum absolute atomic E-state index is 13.3. The molecule has 0 amide bonds. The summed E-state index contributed by atoms with van der Waals surface area (Å²) in [6, 6.07) is 4.41. The Bertz CT molecular complexity index is 521. The summed E-state index contributed by atoms with van der Waals surface area (Å²) >= 11 is 1.53. The molecule has 0 fully saturated rings. The first kappa shape index (κ1) is 13.0. The van der Waals surface area contributed by atoms with E-state index in [2.05, 4.69) is 10.3 Å². The number of rotatable bonds is 4. The molecule has 0 bridgehead atoms. The maximum Gasteiger partial charge on any atom is 0.125 e. The van der Waals surface area contributed by atoms with Gasteiger partial charge in [-0.25, -0.2) is 9.37 Å². The highest BCUT2D eigenvalue weighted by atomic mass is 32.1. The standard InChI is InChI=1S/C13H15FN2OS/c1-8-3-10(14)5-11(4-8)16-12(6-17)13-7-18-9(2)15-13/h3-5,7,12,16-17H,6H2,1-2H3. The lowest BCUT2D eigenvalue weighted by molar-refractivity contribution is 0.274. The molecule has 0 aliphatic carbocycles. The number of aliphatic hydroxyl groups excluding tert-OH is 1. The Kier molecular flexibility index (Phi) is 3.93. The number of anilines is 1. The highest BCUT2D eigenvalue weighted by Gasteiger charge is 2.13. The summed E-state index contributed by atoms with van der Waals surface area (Å²) in [6.45, 7) is 3.66. The molecule has 3 nitrogen and oxygen atoms in total. The van der Waals surface area contributed by atoms with E-state index in [0.29, 0.717) is 5.69 Å². The van der Waals surface area contributed by atoms with Crippen LogP contribution >= 0.6 is 11.3 Å². The Balaban J connectivity index is 2.20. The molecule has 2 rings (SSSR count). The number of halogens is 1. The van der Waals surface area contributed by atoms with Gasteiger partial charge in [0.1, 0.15) is 5.82 Å². The minimum Gasteiger partial charge on any atom is -0.394 e. The van der Waals surface area contributed by atoms with E-state index in [4.69, 9.17) is 0 Å². The summed E-state index contributed by atoms with van der Waals surface area (Å²) in [4.78, 5) is 4.33. The number of aryl methyl sites for hydroxylation is 2. The second kappa shape index (κ2) is 5.46. The molecule has 0 spiro atoms.